The van der Waals surface area contributed by atoms with Gasteiger partial charge in [0.25, 0.3) is 5.69 Å². The number of hydrogen-bond acceptors (Lipinski definition) is 6. The van der Waals surface area contributed by atoms with Crippen molar-refractivity contribution >= 4 is 29.0 Å². The van der Waals surface area contributed by atoms with E-state index in [-0.39, 0.29) is 11.6 Å². The highest BCUT2D eigenvalue weighted by molar-refractivity contribution is 8.00. The van der Waals surface area contributed by atoms with Gasteiger partial charge in [0.15, 0.2) is 5.16 Å². The van der Waals surface area contributed by atoms with E-state index >= 15 is 0 Å². The van der Waals surface area contributed by atoms with Crippen LogP contribution in [-0.2, 0) is 4.79 Å². The number of nitrogens with zero attached hydrogens (tertiary/aromatic N) is 4. The number of aromatic nitrogens is 3. The normalized spacial score (nSPS) is 11.8. The molecule has 9 heteroatoms. The van der Waals surface area contributed by atoms with E-state index in [4.69, 9.17) is 0 Å². The van der Waals surface area contributed by atoms with Crippen LogP contribution < -0.4 is 5.32 Å². The molecule has 1 N–H and O–H groups in total. The summed E-state index contributed by atoms with van der Waals surface area (Å²) in [5.41, 5.74) is 2.33. The number of anilines is 1. The van der Waals surface area contributed by atoms with E-state index in [1.165, 1.54) is 30.0 Å². The predicted molar refractivity (Wildman–Crippen MR) is 108 cm³/mol. The number of nitrogens with one attached hydrogen (secondary N) is 1. The first-order valence-corrected chi connectivity index (χ1v) is 9.45. The molecule has 0 saturated heterocycles. The van der Waals surface area contributed by atoms with Crippen molar-refractivity contribution in [3.63, 3.8) is 0 Å². The molecule has 0 aliphatic heterocycles. The Bertz CT molecular complexity index is 1030. The van der Waals surface area contributed by atoms with Gasteiger partial charge >= 0.3 is 0 Å². The molecule has 1 aromatic heterocycles. The zero-order chi connectivity index (χ0) is 20.3. The van der Waals surface area contributed by atoms with Crippen LogP contribution in [-0.4, -0.2) is 30.8 Å². The van der Waals surface area contributed by atoms with Crippen LogP contribution >= 0.6 is 11.8 Å². The van der Waals surface area contributed by atoms with Gasteiger partial charge in [-0.15, -0.1) is 10.2 Å². The Morgan fingerprint density at radius 3 is 2.64 bits per heavy atom. The van der Waals surface area contributed by atoms with Gasteiger partial charge < -0.3 is 5.32 Å². The van der Waals surface area contributed by atoms with E-state index in [1.54, 1.807) is 13.0 Å². The standard InChI is InChI=1S/C19H19N5O3S/c1-12-7-4-5-10-17(12)23-14(3)21-22-19(23)28-13(2)18(25)20-15-8-6-9-16(11-15)24(26)27/h4-11,13H,1-3H3,(H,20,25). The molecule has 0 bridgehead atoms. The van der Waals surface area contributed by atoms with E-state index in [0.717, 1.165) is 17.1 Å². The predicted octanol–water partition coefficient (Wildman–Crippen LogP) is 3.91. The highest BCUT2D eigenvalue weighted by atomic mass is 32.2. The van der Waals surface area contributed by atoms with Gasteiger partial charge in [-0.25, -0.2) is 0 Å². The summed E-state index contributed by atoms with van der Waals surface area (Å²) in [6.07, 6.45) is 0. The van der Waals surface area contributed by atoms with Crippen LogP contribution in [0.4, 0.5) is 11.4 Å². The summed E-state index contributed by atoms with van der Waals surface area (Å²) >= 11 is 1.28. The molecule has 144 valence electrons. The fourth-order valence-corrected chi connectivity index (χ4v) is 3.57. The second-order valence-corrected chi connectivity index (χ2v) is 7.52. The van der Waals surface area contributed by atoms with Crippen molar-refractivity contribution in [3.8, 4) is 5.69 Å². The van der Waals surface area contributed by atoms with E-state index in [1.807, 2.05) is 42.7 Å². The van der Waals surface area contributed by atoms with Gasteiger partial charge in [0.2, 0.25) is 5.91 Å². The number of hydrogen-bond donors (Lipinski definition) is 1. The van der Waals surface area contributed by atoms with Crippen LogP contribution in [0.5, 0.6) is 0 Å². The number of carbonyl (C=O) groups is 1. The minimum absolute atomic E-state index is 0.0759. The largest absolute Gasteiger partial charge is 0.325 e. The summed E-state index contributed by atoms with van der Waals surface area (Å²) in [5, 5.41) is 22.1. The van der Waals surface area contributed by atoms with Crippen molar-refractivity contribution < 1.29 is 9.72 Å². The van der Waals surface area contributed by atoms with Crippen molar-refractivity contribution in [1.82, 2.24) is 14.8 Å². The molecule has 0 aliphatic rings. The van der Waals surface area contributed by atoms with Gasteiger partial charge in [-0.2, -0.15) is 0 Å². The monoisotopic (exact) mass is 397 g/mol. The molecule has 1 amide bonds. The Morgan fingerprint density at radius 2 is 1.93 bits per heavy atom. The maximum atomic E-state index is 12.6. The molecule has 2 aromatic carbocycles. The molecule has 1 unspecified atom stereocenters. The quantitative estimate of drug-likeness (QED) is 0.384. The Labute approximate surface area is 166 Å². The smallest absolute Gasteiger partial charge is 0.271 e. The number of non-ortho nitro benzene ring substituents is 1. The van der Waals surface area contributed by atoms with E-state index in [9.17, 15) is 14.9 Å². The second-order valence-electron chi connectivity index (χ2n) is 6.21. The van der Waals surface area contributed by atoms with Crippen molar-refractivity contribution in [1.29, 1.82) is 0 Å². The number of benzene rings is 2. The maximum absolute atomic E-state index is 12.6. The summed E-state index contributed by atoms with van der Waals surface area (Å²) in [6, 6.07) is 13.7. The van der Waals surface area contributed by atoms with E-state index < -0.39 is 10.2 Å². The molecular formula is C19H19N5O3S. The minimum atomic E-state index is -0.499. The number of aryl methyl sites for hydroxylation is 2. The van der Waals surface area contributed by atoms with Gasteiger partial charge in [-0.05, 0) is 38.5 Å². The molecule has 1 heterocycles. The zero-order valence-corrected chi connectivity index (χ0v) is 16.4. The first-order chi connectivity index (χ1) is 13.4. The lowest BCUT2D eigenvalue weighted by Crippen LogP contribution is -2.23. The second kappa shape index (κ2) is 8.22. The van der Waals surface area contributed by atoms with E-state index in [2.05, 4.69) is 15.5 Å². The molecule has 0 aliphatic carbocycles. The fraction of sp³-hybridized carbons (Fsp3) is 0.211. The number of nitro benzene ring substituents is 1. The van der Waals surface area contributed by atoms with Crippen LogP contribution in [0, 0.1) is 24.0 Å². The topological polar surface area (TPSA) is 103 Å². The first kappa shape index (κ1) is 19.6. The summed E-state index contributed by atoms with van der Waals surface area (Å²) in [6.45, 7) is 5.61. The first-order valence-electron chi connectivity index (χ1n) is 8.57. The molecule has 0 radical (unpaired) electrons. The highest BCUT2D eigenvalue weighted by Gasteiger charge is 2.21. The van der Waals surface area contributed by atoms with Crippen LogP contribution in [0.1, 0.15) is 18.3 Å². The maximum Gasteiger partial charge on any atom is 0.271 e. The number of para-hydroxylation sites is 1. The van der Waals surface area contributed by atoms with Crippen LogP contribution in [0.25, 0.3) is 5.69 Å². The summed E-state index contributed by atoms with van der Waals surface area (Å²) in [4.78, 5) is 22.9. The Hall–Kier alpha value is -3.20. The Morgan fingerprint density at radius 1 is 1.18 bits per heavy atom. The van der Waals surface area contributed by atoms with E-state index in [0.29, 0.717) is 10.8 Å². The molecule has 3 rings (SSSR count). The fourth-order valence-electron chi connectivity index (χ4n) is 2.66. The van der Waals surface area contributed by atoms with Gasteiger partial charge in [-0.1, -0.05) is 36.0 Å². The molecule has 0 fully saturated rings. The average molecular weight is 397 g/mol. The van der Waals surface area contributed by atoms with Crippen LogP contribution in [0.15, 0.2) is 53.7 Å². The average Bonchev–Trinajstić information content (AvgIpc) is 3.02. The molecule has 1 atom stereocenters. The lowest BCUT2D eigenvalue weighted by Gasteiger charge is -2.14. The zero-order valence-electron chi connectivity index (χ0n) is 15.6. The number of thioether (sulfide) groups is 1. The summed E-state index contributed by atoms with van der Waals surface area (Å²) < 4.78 is 1.91. The van der Waals surface area contributed by atoms with Crippen molar-refractivity contribution in [2.24, 2.45) is 0 Å². The minimum Gasteiger partial charge on any atom is -0.325 e. The SMILES string of the molecule is Cc1ccccc1-n1c(C)nnc1SC(C)C(=O)Nc1cccc([N+](=O)[O-])c1. The van der Waals surface area contributed by atoms with Crippen LogP contribution in [0.2, 0.25) is 0 Å². The van der Waals surface area contributed by atoms with Crippen LogP contribution in [0.3, 0.4) is 0 Å². The third-order valence-corrected chi connectivity index (χ3v) is 5.17. The van der Waals surface area contributed by atoms with Crippen molar-refractivity contribution in [3.05, 3.63) is 70.0 Å². The summed E-state index contributed by atoms with van der Waals surface area (Å²) in [7, 11) is 0. The molecule has 8 nitrogen and oxygen atoms in total. The number of nitro groups is 1. The van der Waals surface area contributed by atoms with Gasteiger partial charge in [0, 0.05) is 17.8 Å². The van der Waals surface area contributed by atoms with Crippen molar-refractivity contribution in [2.75, 3.05) is 5.32 Å². The highest BCUT2D eigenvalue weighted by Crippen LogP contribution is 2.28. The van der Waals surface area contributed by atoms with Gasteiger partial charge in [0.05, 0.1) is 15.9 Å². The lowest BCUT2D eigenvalue weighted by atomic mass is 10.2. The van der Waals surface area contributed by atoms with Gasteiger partial charge in [0.1, 0.15) is 5.82 Å². The number of rotatable bonds is 6. The van der Waals surface area contributed by atoms with Gasteiger partial charge in [-0.3, -0.25) is 19.5 Å². The molecule has 0 saturated carbocycles. The van der Waals surface area contributed by atoms with Crippen molar-refractivity contribution in [2.45, 2.75) is 31.2 Å². The third-order valence-electron chi connectivity index (χ3n) is 4.13. The Kier molecular flexibility index (Phi) is 5.74. The summed E-state index contributed by atoms with van der Waals surface area (Å²) in [5.74, 6) is 0.450. The molecule has 3 aromatic rings. The molecule has 28 heavy (non-hydrogen) atoms. The number of carbonyl (C=O) groups excluding carboxylic acids is 1. The number of amides is 1. The molecular weight excluding hydrogens is 378 g/mol. The third kappa shape index (κ3) is 4.20. The lowest BCUT2D eigenvalue weighted by molar-refractivity contribution is -0.384. The Balaban J connectivity index is 1.78. The molecule has 0 spiro atoms.